The monoisotopic (exact) mass is 444 g/mol. The fourth-order valence-electron chi connectivity index (χ4n) is 2.53. The number of hydrogen-bond acceptors (Lipinski definition) is 6. The zero-order chi connectivity index (χ0) is 20.6. The van der Waals surface area contributed by atoms with Gasteiger partial charge < -0.3 is 10.3 Å². The Morgan fingerprint density at radius 3 is 2.50 bits per heavy atom. The number of rotatable bonds is 5. The van der Waals surface area contributed by atoms with E-state index in [4.69, 9.17) is 28.3 Å². The van der Waals surface area contributed by atoms with Gasteiger partial charge in [-0.05, 0) is 31.5 Å². The van der Waals surface area contributed by atoms with E-state index in [0.29, 0.717) is 10.6 Å². The van der Waals surface area contributed by atoms with Crippen molar-refractivity contribution in [2.45, 2.75) is 24.9 Å². The summed E-state index contributed by atoms with van der Waals surface area (Å²) in [7, 11) is -4.03. The minimum atomic E-state index is -4.03. The molecule has 28 heavy (non-hydrogen) atoms. The molecule has 8 nitrogen and oxygen atoms in total. The lowest BCUT2D eigenvalue weighted by atomic mass is 10.1. The Morgan fingerprint density at radius 1 is 1.21 bits per heavy atom. The Morgan fingerprint density at radius 2 is 1.93 bits per heavy atom. The fourth-order valence-corrected chi connectivity index (χ4v) is 3.54. The largest absolute Gasteiger partial charge is 0.343 e. The van der Waals surface area contributed by atoms with Crippen molar-refractivity contribution >= 4 is 39.2 Å². The first-order chi connectivity index (χ1) is 13.1. The maximum Gasteiger partial charge on any atom is 0.257 e. The Kier molecular flexibility index (Phi) is 5.57. The number of imidazole rings is 1. The molecule has 0 radical (unpaired) electrons. The quantitative estimate of drug-likeness (QED) is 0.554. The molecule has 3 aromatic rings. The lowest BCUT2D eigenvalue weighted by molar-refractivity contribution is 0.593. The first-order valence-corrected chi connectivity index (χ1v) is 10.2. The summed E-state index contributed by atoms with van der Waals surface area (Å²) in [5, 5.41) is 8.55. The van der Waals surface area contributed by atoms with Gasteiger partial charge in [-0.25, -0.2) is 32.9 Å². The molecule has 12 heteroatoms. The molecule has 148 valence electrons. The van der Waals surface area contributed by atoms with Crippen LogP contribution in [-0.2, 0) is 10.0 Å². The van der Waals surface area contributed by atoms with Gasteiger partial charge in [0.2, 0.25) is 5.95 Å². The lowest BCUT2D eigenvalue weighted by Gasteiger charge is -2.18. The normalized spacial score (nSPS) is 12.8. The van der Waals surface area contributed by atoms with Crippen LogP contribution < -0.4 is 10.5 Å². The molecular formula is C16H15Cl2FN6O2S. The number of nitrogens with one attached hydrogen (secondary N) is 2. The van der Waals surface area contributed by atoms with Crippen molar-refractivity contribution in [3.05, 3.63) is 63.0 Å². The van der Waals surface area contributed by atoms with Crippen molar-refractivity contribution in [2.24, 2.45) is 5.14 Å². The molecule has 3 rings (SSSR count). The summed E-state index contributed by atoms with van der Waals surface area (Å²) in [6, 6.07) is 4.11. The van der Waals surface area contributed by atoms with Gasteiger partial charge in [0.25, 0.3) is 10.0 Å². The molecule has 2 heterocycles. The molecule has 4 N–H and O–H groups in total. The number of nitrogens with zero attached hydrogens (tertiary/aromatic N) is 3. The Bertz CT molecular complexity index is 1150. The standard InChI is InChI=1S/C16H15Cl2FN6O2S/c1-7-12(19)6-21-16(23-7)24-13(9-3-4-10(17)11(18)5-9)14-22-8(2)15(25-14)28(20,26)27/h3-6,13H,1-2H3,(H,22,25)(H2,20,26,27)(H,21,23,24). The molecule has 1 unspecified atom stereocenters. The smallest absolute Gasteiger partial charge is 0.257 e. The first kappa shape index (κ1) is 20.5. The summed E-state index contributed by atoms with van der Waals surface area (Å²) < 4.78 is 37.0. The fraction of sp³-hybridized carbons (Fsp3) is 0.188. The van der Waals surface area contributed by atoms with Gasteiger partial charge in [-0.2, -0.15) is 0 Å². The van der Waals surface area contributed by atoms with E-state index in [0.717, 1.165) is 6.20 Å². The van der Waals surface area contributed by atoms with Crippen LogP contribution in [0.15, 0.2) is 29.4 Å². The number of aryl methyl sites for hydroxylation is 2. The van der Waals surface area contributed by atoms with Gasteiger partial charge in [0, 0.05) is 0 Å². The van der Waals surface area contributed by atoms with Crippen LogP contribution in [0.1, 0.15) is 28.8 Å². The van der Waals surface area contributed by atoms with Crippen molar-refractivity contribution in [1.29, 1.82) is 0 Å². The van der Waals surface area contributed by atoms with Gasteiger partial charge >= 0.3 is 0 Å². The van der Waals surface area contributed by atoms with Crippen molar-refractivity contribution in [1.82, 2.24) is 19.9 Å². The molecule has 0 bridgehead atoms. The second-order valence-corrected chi connectivity index (χ2v) is 8.27. The highest BCUT2D eigenvalue weighted by atomic mass is 35.5. The van der Waals surface area contributed by atoms with Gasteiger partial charge in [-0.3, -0.25) is 0 Å². The zero-order valence-electron chi connectivity index (χ0n) is 14.7. The first-order valence-electron chi connectivity index (χ1n) is 7.86. The molecule has 1 atom stereocenters. The molecule has 0 saturated carbocycles. The van der Waals surface area contributed by atoms with Crippen LogP contribution in [0.3, 0.4) is 0 Å². The van der Waals surface area contributed by atoms with Gasteiger partial charge in [-0.1, -0.05) is 29.3 Å². The van der Waals surface area contributed by atoms with Crippen molar-refractivity contribution in [3.8, 4) is 0 Å². The van der Waals surface area contributed by atoms with Gasteiger partial charge in [0.05, 0.1) is 27.6 Å². The molecule has 1 aromatic carbocycles. The average Bonchev–Trinajstić information content (AvgIpc) is 3.00. The van der Waals surface area contributed by atoms with E-state index in [9.17, 15) is 12.8 Å². The molecule has 0 aliphatic carbocycles. The number of aromatic amines is 1. The molecule has 0 aliphatic rings. The second-order valence-electron chi connectivity index (χ2n) is 5.98. The third-order valence-corrected chi connectivity index (χ3v) is 5.55. The van der Waals surface area contributed by atoms with Crippen LogP contribution >= 0.6 is 23.2 Å². The number of hydrogen-bond donors (Lipinski definition) is 3. The number of nitrogens with two attached hydrogens (primary N) is 1. The summed E-state index contributed by atoms with van der Waals surface area (Å²) >= 11 is 12.1. The third kappa shape index (κ3) is 4.25. The van der Waals surface area contributed by atoms with Crippen LogP contribution in [0.2, 0.25) is 10.0 Å². The maximum absolute atomic E-state index is 13.5. The molecule has 2 aromatic heterocycles. The SMILES string of the molecule is Cc1nc(NC(c2ccc(Cl)c(Cl)c2)c2nc(S(N)(=O)=O)c(C)[nH]2)ncc1F. The lowest BCUT2D eigenvalue weighted by Crippen LogP contribution is -2.17. The Hall–Kier alpha value is -2.27. The molecule has 0 saturated heterocycles. The summed E-state index contributed by atoms with van der Waals surface area (Å²) in [4.78, 5) is 14.9. The number of benzene rings is 1. The van der Waals surface area contributed by atoms with Crippen molar-refractivity contribution in [3.63, 3.8) is 0 Å². The van der Waals surface area contributed by atoms with Gasteiger partial charge in [0.1, 0.15) is 11.9 Å². The maximum atomic E-state index is 13.5. The predicted molar refractivity (Wildman–Crippen MR) is 103 cm³/mol. The van der Waals surface area contributed by atoms with E-state index in [1.54, 1.807) is 18.2 Å². The van der Waals surface area contributed by atoms with E-state index in [1.165, 1.54) is 13.8 Å². The number of primary sulfonamides is 1. The van der Waals surface area contributed by atoms with Gasteiger partial charge in [0.15, 0.2) is 10.8 Å². The zero-order valence-corrected chi connectivity index (χ0v) is 17.0. The highest BCUT2D eigenvalue weighted by Gasteiger charge is 2.25. The van der Waals surface area contributed by atoms with Crippen molar-refractivity contribution in [2.75, 3.05) is 5.32 Å². The Balaban J connectivity index is 2.11. The van der Waals surface area contributed by atoms with Crippen molar-refractivity contribution < 1.29 is 12.8 Å². The highest BCUT2D eigenvalue weighted by Crippen LogP contribution is 2.30. The van der Waals surface area contributed by atoms with E-state index < -0.39 is 21.9 Å². The van der Waals surface area contributed by atoms with Crippen LogP contribution in [0, 0.1) is 19.7 Å². The van der Waals surface area contributed by atoms with Crippen LogP contribution in [-0.4, -0.2) is 28.4 Å². The number of H-pyrrole nitrogens is 1. The Labute approximate surface area is 170 Å². The number of aromatic nitrogens is 4. The number of sulfonamides is 1. The summed E-state index contributed by atoms with van der Waals surface area (Å²) in [6.45, 7) is 3.02. The predicted octanol–water partition coefficient (Wildman–Crippen LogP) is 3.11. The number of anilines is 1. The molecule has 0 fully saturated rings. The highest BCUT2D eigenvalue weighted by molar-refractivity contribution is 7.89. The molecule has 0 spiro atoms. The van der Waals surface area contributed by atoms with Crippen LogP contribution in [0.5, 0.6) is 0 Å². The second kappa shape index (κ2) is 7.63. The molecule has 0 aliphatic heterocycles. The van der Waals surface area contributed by atoms with E-state index in [1.807, 2.05) is 0 Å². The number of halogens is 3. The average molecular weight is 445 g/mol. The van der Waals surface area contributed by atoms with Crippen LogP contribution in [0.25, 0.3) is 0 Å². The minimum absolute atomic E-state index is 0.112. The van der Waals surface area contributed by atoms with E-state index >= 15 is 0 Å². The molecule has 0 amide bonds. The summed E-state index contributed by atoms with van der Waals surface area (Å²) in [6.07, 6.45) is 1.03. The van der Waals surface area contributed by atoms with E-state index in [-0.39, 0.29) is 33.2 Å². The minimum Gasteiger partial charge on any atom is -0.343 e. The third-order valence-electron chi connectivity index (χ3n) is 3.87. The summed E-state index contributed by atoms with van der Waals surface area (Å²) in [5.74, 6) is -0.214. The van der Waals surface area contributed by atoms with E-state index in [2.05, 4.69) is 25.3 Å². The topological polar surface area (TPSA) is 127 Å². The van der Waals surface area contributed by atoms with Gasteiger partial charge in [-0.15, -0.1) is 0 Å². The summed E-state index contributed by atoms with van der Waals surface area (Å²) in [5.41, 5.74) is 1.00. The van der Waals surface area contributed by atoms with Crippen LogP contribution in [0.4, 0.5) is 10.3 Å². The molecular weight excluding hydrogens is 430 g/mol.